The molecule has 0 N–H and O–H groups in total. The van der Waals surface area contributed by atoms with Crippen LogP contribution < -0.4 is 10.5 Å². The van der Waals surface area contributed by atoms with Crippen molar-refractivity contribution in [2.24, 2.45) is 0 Å². The van der Waals surface area contributed by atoms with Crippen molar-refractivity contribution < 1.29 is 60.3 Å². The molecule has 3 nitrogen and oxygen atoms in total. The number of rotatable bonds is 0. The Morgan fingerprint density at radius 2 is 1.00 bits per heavy atom. The second-order valence-corrected chi connectivity index (χ2v) is 0.0680. The van der Waals surface area contributed by atoms with Gasteiger partial charge in [0.15, 0.2) is 0 Å². The van der Waals surface area contributed by atoms with Crippen LogP contribution in [-0.4, -0.2) is 0 Å². The fourth-order valence-corrected chi connectivity index (χ4v) is 0. The van der Waals surface area contributed by atoms with Crippen LogP contribution in [0.1, 0.15) is 0 Å². The van der Waals surface area contributed by atoms with E-state index in [0.717, 1.165) is 0 Å². The monoisotopic (exact) mass is 262 g/mol. The Bertz CT molecular complexity index is 4.85. The van der Waals surface area contributed by atoms with Crippen molar-refractivity contribution in [2.75, 3.05) is 0 Å². The van der Waals surface area contributed by atoms with Crippen LogP contribution in [-0.2, 0) is 49.8 Å². The Morgan fingerprint density at radius 3 is 1.00 bits per heavy atom. The van der Waals surface area contributed by atoms with Crippen LogP contribution in [0.3, 0.4) is 0 Å². The first kappa shape index (κ1) is 16.2. The second-order valence-electron chi connectivity index (χ2n) is 0.0680. The SMILES string of the molecule is [Ag+].[Ag+].[O-]O[O-]. The van der Waals surface area contributed by atoms with Gasteiger partial charge in [0.1, 0.15) is 0 Å². The van der Waals surface area contributed by atoms with Crippen molar-refractivity contribution in [2.45, 2.75) is 0 Å². The summed E-state index contributed by atoms with van der Waals surface area (Å²) in [4.78, 5) is 0. The molecule has 0 saturated heterocycles. The van der Waals surface area contributed by atoms with E-state index in [1.165, 1.54) is 0 Å². The molecule has 0 fully saturated rings. The van der Waals surface area contributed by atoms with Crippen LogP contribution in [0.2, 0.25) is 0 Å². The van der Waals surface area contributed by atoms with Gasteiger partial charge in [0.2, 0.25) is 0 Å². The van der Waals surface area contributed by atoms with Crippen LogP contribution >= 0.6 is 0 Å². The molecule has 0 rings (SSSR count). The van der Waals surface area contributed by atoms with Gasteiger partial charge in [-0.2, -0.15) is 0 Å². The molecule has 0 aromatic heterocycles. The van der Waals surface area contributed by atoms with Crippen LogP contribution in [0.15, 0.2) is 0 Å². The summed E-state index contributed by atoms with van der Waals surface area (Å²) in [5, 5.41) is 17.5. The normalized spacial score (nSPS) is 3.60. The maximum atomic E-state index is 7.88. The first-order chi connectivity index (χ1) is 1.41. The number of hydrogen-bond donors (Lipinski definition) is 0. The van der Waals surface area contributed by atoms with Crippen molar-refractivity contribution in [1.82, 2.24) is 0 Å². The average molecular weight is 264 g/mol. The van der Waals surface area contributed by atoms with E-state index in [2.05, 4.69) is 0 Å². The molecule has 0 aliphatic rings. The Hall–Kier alpha value is 1.36. The summed E-state index contributed by atoms with van der Waals surface area (Å²) in [5.74, 6) is 0. The van der Waals surface area contributed by atoms with Crippen molar-refractivity contribution in [1.29, 1.82) is 0 Å². The molecule has 0 radical (unpaired) electrons. The summed E-state index contributed by atoms with van der Waals surface area (Å²) in [6.45, 7) is 0. The van der Waals surface area contributed by atoms with Crippen molar-refractivity contribution >= 4 is 0 Å². The quantitative estimate of drug-likeness (QED) is 0.277. The molecule has 0 unspecified atom stereocenters. The minimum atomic E-state index is 0. The number of hydrogen-bond acceptors (Lipinski definition) is 3. The standard InChI is InChI=1S/2Ag.H2O3/c;;1-3-2/h;;1-2H/q2*+1;/p-2. The summed E-state index contributed by atoms with van der Waals surface area (Å²) in [5.41, 5.74) is 0. The molecule has 5 heteroatoms. The van der Waals surface area contributed by atoms with E-state index in [1.54, 1.807) is 5.04 Å². The van der Waals surface area contributed by atoms with Crippen LogP contribution in [0.4, 0.5) is 0 Å². The Kier molecular flexibility index (Phi) is 59.2. The molecule has 40 valence electrons. The van der Waals surface area contributed by atoms with Gasteiger partial charge < -0.3 is 15.6 Å². The third kappa shape index (κ3) is 32.7. The third-order valence-electron chi connectivity index (χ3n) is 0. The molecule has 0 aliphatic heterocycles. The van der Waals surface area contributed by atoms with E-state index in [1.807, 2.05) is 0 Å². The van der Waals surface area contributed by atoms with E-state index >= 15 is 0 Å². The van der Waals surface area contributed by atoms with Gasteiger partial charge in [0.25, 0.3) is 0 Å². The van der Waals surface area contributed by atoms with Crippen molar-refractivity contribution in [3.63, 3.8) is 0 Å². The van der Waals surface area contributed by atoms with E-state index in [-0.39, 0.29) is 44.8 Å². The summed E-state index contributed by atoms with van der Waals surface area (Å²) in [7, 11) is 0. The first-order valence-electron chi connectivity index (χ1n) is 0.333. The van der Waals surface area contributed by atoms with Crippen LogP contribution in [0.25, 0.3) is 0 Å². The van der Waals surface area contributed by atoms with Gasteiger partial charge in [-0.25, -0.2) is 0 Å². The minimum Gasteiger partial charge on any atom is -0.734 e. The molecule has 0 amide bonds. The Morgan fingerprint density at radius 1 is 1.00 bits per heavy atom. The fraction of sp³-hybridized carbons (Fsp3) is 0. The molecule has 5 heavy (non-hydrogen) atoms. The molecule has 0 spiro atoms. The maximum absolute atomic E-state index is 7.88. The van der Waals surface area contributed by atoms with E-state index in [9.17, 15) is 0 Å². The topological polar surface area (TPSA) is 55.3 Å². The van der Waals surface area contributed by atoms with E-state index in [0.29, 0.717) is 0 Å². The Balaban J connectivity index is -0.0000000200. The zero-order chi connectivity index (χ0) is 2.71. The maximum Gasteiger partial charge on any atom is 1.00 e. The summed E-state index contributed by atoms with van der Waals surface area (Å²) < 4.78 is 0. The van der Waals surface area contributed by atoms with E-state index < -0.39 is 0 Å². The largest absolute Gasteiger partial charge is 1.00 e. The summed E-state index contributed by atoms with van der Waals surface area (Å²) in [6, 6.07) is 0. The fourth-order valence-electron chi connectivity index (χ4n) is 0. The second kappa shape index (κ2) is 18.3. The molecule has 0 aromatic rings. The van der Waals surface area contributed by atoms with Crippen molar-refractivity contribution in [3.8, 4) is 0 Å². The minimum absolute atomic E-state index is 0. The molecule has 0 heterocycles. The van der Waals surface area contributed by atoms with Gasteiger partial charge in [-0.3, -0.25) is 0 Å². The predicted molar refractivity (Wildman–Crippen MR) is 1.08 cm³/mol. The van der Waals surface area contributed by atoms with Gasteiger partial charge >= 0.3 is 44.8 Å². The molecular formula is Ag2O3. The molecule has 0 aliphatic carbocycles. The average Bonchev–Trinajstić information content (AvgIpc) is 0.918. The van der Waals surface area contributed by atoms with Gasteiger partial charge in [-0.15, -0.1) is 0 Å². The van der Waals surface area contributed by atoms with E-state index in [4.69, 9.17) is 10.5 Å². The van der Waals surface area contributed by atoms with Gasteiger partial charge in [-0.05, 0) is 0 Å². The van der Waals surface area contributed by atoms with Crippen molar-refractivity contribution in [3.05, 3.63) is 0 Å². The summed E-state index contributed by atoms with van der Waals surface area (Å²) >= 11 is 0. The molecule has 0 aromatic carbocycles. The van der Waals surface area contributed by atoms with Crippen LogP contribution in [0.5, 0.6) is 0 Å². The van der Waals surface area contributed by atoms with Gasteiger partial charge in [0, 0.05) is 0 Å². The zero-order valence-electron chi connectivity index (χ0n) is 1.83. The van der Waals surface area contributed by atoms with Gasteiger partial charge in [0.05, 0.1) is 0 Å². The smallest absolute Gasteiger partial charge is 0.734 e. The molecule has 0 saturated carbocycles. The zero-order valence-corrected chi connectivity index (χ0v) is 4.79. The third-order valence-corrected chi connectivity index (χ3v) is 0. The molecule has 0 atom stereocenters. The summed E-state index contributed by atoms with van der Waals surface area (Å²) in [6.07, 6.45) is 0. The Labute approximate surface area is 60.2 Å². The molecular weight excluding hydrogens is 264 g/mol. The predicted octanol–water partition coefficient (Wildman–Crippen LogP) is -2.45. The molecule has 0 bridgehead atoms. The first-order valence-corrected chi connectivity index (χ1v) is 0.333. The van der Waals surface area contributed by atoms with Gasteiger partial charge in [-0.1, -0.05) is 0 Å². The van der Waals surface area contributed by atoms with Crippen LogP contribution in [0, 0.1) is 0 Å².